The molecule has 1 amide bonds. The summed E-state index contributed by atoms with van der Waals surface area (Å²) in [5, 5.41) is 11.7. The number of carbonyl (C=O) groups is 1. The third-order valence-corrected chi connectivity index (χ3v) is 2.24. The van der Waals surface area contributed by atoms with Gasteiger partial charge in [0.1, 0.15) is 17.4 Å². The Kier molecular flexibility index (Phi) is 4.76. The topological polar surface area (TPSA) is 71.3 Å². The van der Waals surface area contributed by atoms with Crippen molar-refractivity contribution < 1.29 is 14.3 Å². The highest BCUT2D eigenvalue weighted by Crippen LogP contribution is 2.24. The van der Waals surface area contributed by atoms with Crippen LogP contribution in [-0.2, 0) is 4.74 Å². The van der Waals surface area contributed by atoms with Crippen molar-refractivity contribution in [3.8, 4) is 11.8 Å². The van der Waals surface area contributed by atoms with E-state index in [1.807, 2.05) is 6.07 Å². The van der Waals surface area contributed by atoms with E-state index in [1.165, 1.54) is 7.11 Å². The Morgan fingerprint density at radius 1 is 1.37 bits per heavy atom. The van der Waals surface area contributed by atoms with Gasteiger partial charge in [-0.05, 0) is 26.8 Å². The zero-order valence-electron chi connectivity index (χ0n) is 11.6. The van der Waals surface area contributed by atoms with E-state index < -0.39 is 17.7 Å². The Morgan fingerprint density at radius 3 is 2.53 bits per heavy atom. The maximum Gasteiger partial charge on any atom is 0.408 e. The predicted molar refractivity (Wildman–Crippen MR) is 70.7 cm³/mol. The summed E-state index contributed by atoms with van der Waals surface area (Å²) in [5.41, 5.74) is -0.0106. The Morgan fingerprint density at radius 2 is 2.00 bits per heavy atom. The van der Waals surface area contributed by atoms with Gasteiger partial charge in [-0.25, -0.2) is 4.79 Å². The first-order valence-electron chi connectivity index (χ1n) is 5.89. The molecule has 0 aliphatic rings. The number of nitrogens with zero attached hydrogens (tertiary/aromatic N) is 1. The van der Waals surface area contributed by atoms with Crippen LogP contribution in [0.3, 0.4) is 0 Å². The van der Waals surface area contributed by atoms with Gasteiger partial charge in [0.2, 0.25) is 0 Å². The summed E-state index contributed by atoms with van der Waals surface area (Å²) >= 11 is 0. The van der Waals surface area contributed by atoms with Crippen LogP contribution in [0.25, 0.3) is 0 Å². The monoisotopic (exact) mass is 262 g/mol. The lowest BCUT2D eigenvalue weighted by Gasteiger charge is -2.21. The van der Waals surface area contributed by atoms with Crippen molar-refractivity contribution in [3.05, 3.63) is 29.8 Å². The molecule has 0 saturated carbocycles. The average Bonchev–Trinajstić information content (AvgIpc) is 2.33. The average molecular weight is 262 g/mol. The summed E-state index contributed by atoms with van der Waals surface area (Å²) < 4.78 is 10.3. The Bertz CT molecular complexity index is 486. The van der Waals surface area contributed by atoms with Gasteiger partial charge in [-0.2, -0.15) is 5.26 Å². The predicted octanol–water partition coefficient (Wildman–Crippen LogP) is 2.78. The largest absolute Gasteiger partial charge is 0.496 e. The van der Waals surface area contributed by atoms with Crippen LogP contribution in [0.4, 0.5) is 4.79 Å². The lowest BCUT2D eigenvalue weighted by Crippen LogP contribution is -2.34. The normalized spacial score (nSPS) is 12.2. The van der Waals surface area contributed by atoms with Crippen molar-refractivity contribution in [1.29, 1.82) is 5.26 Å². The van der Waals surface area contributed by atoms with Gasteiger partial charge in [0.15, 0.2) is 0 Å². The summed E-state index contributed by atoms with van der Waals surface area (Å²) in [6.07, 6.45) is -0.634. The highest BCUT2D eigenvalue weighted by Gasteiger charge is 2.22. The smallest absolute Gasteiger partial charge is 0.408 e. The molecule has 19 heavy (non-hydrogen) atoms. The molecular weight excluding hydrogens is 244 g/mol. The van der Waals surface area contributed by atoms with Gasteiger partial charge in [0.05, 0.1) is 13.2 Å². The van der Waals surface area contributed by atoms with Gasteiger partial charge in [0.25, 0.3) is 0 Å². The molecule has 0 unspecified atom stereocenters. The molecule has 102 valence electrons. The number of benzene rings is 1. The molecule has 0 aromatic heterocycles. The zero-order chi connectivity index (χ0) is 14.5. The number of methoxy groups -OCH3 is 1. The lowest BCUT2D eigenvalue weighted by atomic mass is 10.1. The van der Waals surface area contributed by atoms with E-state index in [2.05, 4.69) is 5.32 Å². The van der Waals surface area contributed by atoms with E-state index in [0.29, 0.717) is 11.3 Å². The van der Waals surface area contributed by atoms with Crippen LogP contribution in [0.1, 0.15) is 32.4 Å². The Hall–Kier alpha value is -2.22. The second-order valence-corrected chi connectivity index (χ2v) is 4.95. The fourth-order valence-electron chi connectivity index (χ4n) is 1.51. The number of hydrogen-bond donors (Lipinski definition) is 1. The molecule has 0 bridgehead atoms. The van der Waals surface area contributed by atoms with Crippen molar-refractivity contribution >= 4 is 6.09 Å². The molecule has 1 rings (SSSR count). The van der Waals surface area contributed by atoms with Crippen molar-refractivity contribution in [2.24, 2.45) is 0 Å². The molecule has 1 aromatic rings. The highest BCUT2D eigenvalue weighted by atomic mass is 16.6. The molecule has 0 fully saturated rings. The number of alkyl carbamates (subject to hydrolysis) is 1. The molecule has 0 heterocycles. The number of carbonyl (C=O) groups excluding carboxylic acids is 1. The molecule has 0 saturated heterocycles. The molecule has 1 N–H and O–H groups in total. The first-order valence-corrected chi connectivity index (χ1v) is 5.89. The highest BCUT2D eigenvalue weighted by molar-refractivity contribution is 5.69. The summed E-state index contributed by atoms with van der Waals surface area (Å²) in [5.74, 6) is 0.546. The quantitative estimate of drug-likeness (QED) is 0.909. The van der Waals surface area contributed by atoms with Crippen LogP contribution in [0.2, 0.25) is 0 Å². The fraction of sp³-hybridized carbons (Fsp3) is 0.429. The summed E-state index contributed by atoms with van der Waals surface area (Å²) in [7, 11) is 1.51. The number of nitrogens with one attached hydrogen (secondary N) is 1. The summed E-state index contributed by atoms with van der Waals surface area (Å²) in [6.45, 7) is 5.28. The van der Waals surface area contributed by atoms with Crippen molar-refractivity contribution in [3.63, 3.8) is 0 Å². The lowest BCUT2D eigenvalue weighted by molar-refractivity contribution is 0.0515. The molecule has 5 heteroatoms. The number of nitriles is 1. The molecule has 0 aliphatic carbocycles. The molecule has 0 aliphatic heterocycles. The van der Waals surface area contributed by atoms with Crippen LogP contribution in [0, 0.1) is 11.3 Å². The first-order chi connectivity index (χ1) is 8.87. The van der Waals surface area contributed by atoms with Gasteiger partial charge < -0.3 is 14.8 Å². The van der Waals surface area contributed by atoms with E-state index in [9.17, 15) is 10.1 Å². The van der Waals surface area contributed by atoms with Gasteiger partial charge in [-0.15, -0.1) is 0 Å². The van der Waals surface area contributed by atoms with Crippen LogP contribution < -0.4 is 10.1 Å². The van der Waals surface area contributed by atoms with Crippen LogP contribution in [-0.4, -0.2) is 18.8 Å². The SMILES string of the molecule is COc1ccccc1[C@H](C#N)NC(=O)OC(C)(C)C. The first kappa shape index (κ1) is 14.8. The second kappa shape index (κ2) is 6.10. The molecule has 0 radical (unpaired) electrons. The number of amides is 1. The molecule has 1 atom stereocenters. The van der Waals surface area contributed by atoms with Crippen molar-refractivity contribution in [1.82, 2.24) is 5.32 Å². The fourth-order valence-corrected chi connectivity index (χ4v) is 1.51. The summed E-state index contributed by atoms with van der Waals surface area (Å²) in [4.78, 5) is 11.7. The van der Waals surface area contributed by atoms with Gasteiger partial charge in [0, 0.05) is 5.56 Å². The molecule has 1 aromatic carbocycles. The van der Waals surface area contributed by atoms with E-state index >= 15 is 0 Å². The third-order valence-electron chi connectivity index (χ3n) is 2.24. The van der Waals surface area contributed by atoms with Crippen LogP contribution in [0.5, 0.6) is 5.75 Å². The van der Waals surface area contributed by atoms with Crippen molar-refractivity contribution in [2.75, 3.05) is 7.11 Å². The second-order valence-electron chi connectivity index (χ2n) is 4.95. The number of rotatable bonds is 3. The van der Waals surface area contributed by atoms with Crippen LogP contribution in [0.15, 0.2) is 24.3 Å². The maximum atomic E-state index is 11.7. The third kappa shape index (κ3) is 4.51. The minimum Gasteiger partial charge on any atom is -0.496 e. The zero-order valence-corrected chi connectivity index (χ0v) is 11.6. The maximum absolute atomic E-state index is 11.7. The standard InChI is InChI=1S/C14H18N2O3/c1-14(2,3)19-13(17)16-11(9-15)10-7-5-6-8-12(10)18-4/h5-8,11H,1-4H3,(H,16,17)/t11-/m0/s1. The summed E-state index contributed by atoms with van der Waals surface area (Å²) in [6, 6.07) is 8.24. The molecule has 5 nitrogen and oxygen atoms in total. The minimum atomic E-state index is -0.814. The van der Waals surface area contributed by atoms with E-state index in [1.54, 1.807) is 45.0 Å². The Labute approximate surface area is 113 Å². The number of para-hydroxylation sites is 1. The molecule has 0 spiro atoms. The van der Waals surface area contributed by atoms with E-state index in [4.69, 9.17) is 9.47 Å². The van der Waals surface area contributed by atoms with Gasteiger partial charge in [-0.1, -0.05) is 18.2 Å². The van der Waals surface area contributed by atoms with Crippen molar-refractivity contribution in [2.45, 2.75) is 32.4 Å². The van der Waals surface area contributed by atoms with E-state index in [0.717, 1.165) is 0 Å². The van der Waals surface area contributed by atoms with Gasteiger partial charge >= 0.3 is 6.09 Å². The van der Waals surface area contributed by atoms with E-state index in [-0.39, 0.29) is 0 Å². The van der Waals surface area contributed by atoms with Crippen LogP contribution >= 0.6 is 0 Å². The molecular formula is C14H18N2O3. The number of ether oxygens (including phenoxy) is 2. The number of hydrogen-bond acceptors (Lipinski definition) is 4. The van der Waals surface area contributed by atoms with Gasteiger partial charge in [-0.3, -0.25) is 0 Å². The minimum absolute atomic E-state index is 0.546. The Balaban J connectivity index is 2.85.